The third kappa shape index (κ3) is 4.52. The minimum Gasteiger partial charge on any atom is -0.390 e. The molecule has 5 rings (SSSR count). The van der Waals surface area contributed by atoms with E-state index in [4.69, 9.17) is 5.73 Å². The highest BCUT2D eigenvalue weighted by atomic mass is 16.2. The molecule has 5 aliphatic rings. The first kappa shape index (κ1) is 31.3. The van der Waals surface area contributed by atoms with Crippen LogP contribution in [0.25, 0.3) is 0 Å². The standard InChI is InChI=1S/C34H57N5O3/c1-9-23-18-34(23,21(2)36-8)38-27(40)24-19-33(31(6,7)32(33)16-13-17-32)20-39(24)29(42)26(30(3,4)5)37-28(41)25(35)22-14-11-10-12-15-22/h22-26,36H,2,9-20,35H2,1,3-8H3,(H,37,41)(H,38,40)/t23-,24?,25?,26-,33?,34+/m1/s1. The van der Waals surface area contributed by atoms with E-state index in [2.05, 4.69) is 43.3 Å². The molecule has 1 saturated heterocycles. The lowest BCUT2D eigenvalue weighted by molar-refractivity contribution is -0.144. The van der Waals surface area contributed by atoms with Gasteiger partial charge in [-0.05, 0) is 66.6 Å². The van der Waals surface area contributed by atoms with E-state index in [1.165, 1.54) is 12.8 Å². The first-order chi connectivity index (χ1) is 19.6. The Bertz CT molecular complexity index is 1120. The summed E-state index contributed by atoms with van der Waals surface area (Å²) >= 11 is 0. The molecule has 0 aromatic heterocycles. The van der Waals surface area contributed by atoms with Crippen LogP contribution in [0.4, 0.5) is 0 Å². The van der Waals surface area contributed by atoms with E-state index < -0.39 is 29.1 Å². The second-order valence-corrected chi connectivity index (χ2v) is 16.1. The molecule has 0 aromatic carbocycles. The molecule has 5 fully saturated rings. The first-order valence-electron chi connectivity index (χ1n) is 16.7. The topological polar surface area (TPSA) is 117 Å². The Morgan fingerprint density at radius 3 is 2.14 bits per heavy atom. The molecular weight excluding hydrogens is 526 g/mol. The quantitative estimate of drug-likeness (QED) is 0.324. The number of carbonyl (C=O) groups excluding carboxylic acids is 3. The number of amides is 3. The summed E-state index contributed by atoms with van der Waals surface area (Å²) in [6, 6.07) is -1.97. The summed E-state index contributed by atoms with van der Waals surface area (Å²) in [6.45, 7) is 17.6. The zero-order valence-corrected chi connectivity index (χ0v) is 27.3. The summed E-state index contributed by atoms with van der Waals surface area (Å²) in [7, 11) is 1.85. The van der Waals surface area contributed by atoms with Crippen LogP contribution in [0.5, 0.6) is 0 Å². The molecule has 4 aliphatic carbocycles. The molecule has 8 nitrogen and oxygen atoms in total. The lowest BCUT2D eigenvalue weighted by Crippen LogP contribution is -2.61. The van der Waals surface area contributed by atoms with Gasteiger partial charge in [0.15, 0.2) is 0 Å². The Hall–Kier alpha value is -2.09. The summed E-state index contributed by atoms with van der Waals surface area (Å²) in [5.41, 5.74) is 6.47. The molecule has 6 atom stereocenters. The van der Waals surface area contributed by atoms with Gasteiger partial charge >= 0.3 is 0 Å². The maximum atomic E-state index is 14.6. The number of likely N-dealkylation sites (N-methyl/N-ethyl adjacent to an activating group) is 1. The number of hydrogen-bond donors (Lipinski definition) is 4. The van der Waals surface area contributed by atoms with Crippen molar-refractivity contribution in [2.75, 3.05) is 13.6 Å². The molecule has 5 N–H and O–H groups in total. The first-order valence-corrected chi connectivity index (χ1v) is 16.7. The summed E-state index contributed by atoms with van der Waals surface area (Å²) in [5.74, 6) is -0.0253. The van der Waals surface area contributed by atoms with Crippen LogP contribution in [0, 0.1) is 33.5 Å². The summed E-state index contributed by atoms with van der Waals surface area (Å²) in [6.07, 6.45) is 11.3. The van der Waals surface area contributed by atoms with Crippen LogP contribution >= 0.6 is 0 Å². The number of likely N-dealkylation sites (tertiary alicyclic amines) is 1. The second kappa shape index (κ2) is 10.5. The maximum Gasteiger partial charge on any atom is 0.246 e. The van der Waals surface area contributed by atoms with Gasteiger partial charge in [0.05, 0.1) is 11.6 Å². The minimum absolute atomic E-state index is 0.0629. The van der Waals surface area contributed by atoms with Crippen molar-refractivity contribution in [1.29, 1.82) is 0 Å². The number of fused-ring (bicyclic) bond motifs is 1. The molecule has 0 radical (unpaired) electrons. The summed E-state index contributed by atoms with van der Waals surface area (Å²) < 4.78 is 0. The average Bonchev–Trinajstić information content (AvgIpc) is 3.65. The number of hydrogen-bond acceptors (Lipinski definition) is 5. The molecule has 4 saturated carbocycles. The van der Waals surface area contributed by atoms with E-state index in [0.29, 0.717) is 18.9 Å². The van der Waals surface area contributed by atoms with E-state index in [0.717, 1.165) is 57.1 Å². The van der Waals surface area contributed by atoms with E-state index in [1.54, 1.807) is 0 Å². The minimum atomic E-state index is -0.769. The molecule has 1 aliphatic heterocycles. The fraction of sp³-hybridized carbons (Fsp3) is 0.853. The van der Waals surface area contributed by atoms with E-state index >= 15 is 0 Å². The zero-order valence-electron chi connectivity index (χ0n) is 27.3. The molecule has 42 heavy (non-hydrogen) atoms. The highest BCUT2D eigenvalue weighted by Gasteiger charge is 2.85. The highest BCUT2D eigenvalue weighted by Crippen LogP contribution is 2.88. The largest absolute Gasteiger partial charge is 0.390 e. The fourth-order valence-electron chi connectivity index (χ4n) is 9.77. The van der Waals surface area contributed by atoms with E-state index in [9.17, 15) is 14.4 Å². The molecule has 236 valence electrons. The molecule has 2 spiro atoms. The van der Waals surface area contributed by atoms with Crippen LogP contribution in [-0.4, -0.2) is 59.9 Å². The predicted molar refractivity (Wildman–Crippen MR) is 166 cm³/mol. The summed E-state index contributed by atoms with van der Waals surface area (Å²) in [4.78, 5) is 44.3. The Morgan fingerprint density at radius 2 is 1.67 bits per heavy atom. The van der Waals surface area contributed by atoms with Gasteiger partial charge in [-0.25, -0.2) is 0 Å². The van der Waals surface area contributed by atoms with Gasteiger partial charge < -0.3 is 26.6 Å². The molecule has 0 bridgehead atoms. The molecule has 3 unspecified atom stereocenters. The average molecular weight is 584 g/mol. The van der Waals surface area contributed by atoms with Crippen molar-refractivity contribution >= 4 is 17.7 Å². The molecule has 1 heterocycles. The van der Waals surface area contributed by atoms with Crippen LogP contribution in [0.2, 0.25) is 0 Å². The Balaban J connectivity index is 1.42. The van der Waals surface area contributed by atoms with Crippen molar-refractivity contribution in [2.45, 2.75) is 136 Å². The maximum absolute atomic E-state index is 14.6. The van der Waals surface area contributed by atoms with Gasteiger partial charge in [0, 0.05) is 24.7 Å². The number of nitrogens with zero attached hydrogens (tertiary/aromatic N) is 1. The van der Waals surface area contributed by atoms with Gasteiger partial charge in [-0.1, -0.05) is 80.2 Å². The number of nitrogens with two attached hydrogens (primary N) is 1. The van der Waals surface area contributed by atoms with Crippen LogP contribution < -0.4 is 21.7 Å². The van der Waals surface area contributed by atoms with Crippen molar-refractivity contribution in [3.8, 4) is 0 Å². The zero-order chi connectivity index (χ0) is 30.9. The molecular formula is C34H57N5O3. The van der Waals surface area contributed by atoms with Gasteiger partial charge in [-0.3, -0.25) is 14.4 Å². The number of carbonyl (C=O) groups is 3. The van der Waals surface area contributed by atoms with Gasteiger partial charge in [-0.2, -0.15) is 0 Å². The fourth-order valence-corrected chi connectivity index (χ4v) is 9.77. The predicted octanol–water partition coefficient (Wildman–Crippen LogP) is 4.24. The second-order valence-electron chi connectivity index (χ2n) is 16.1. The van der Waals surface area contributed by atoms with Crippen molar-refractivity contribution in [2.24, 2.45) is 39.2 Å². The monoisotopic (exact) mass is 583 g/mol. The van der Waals surface area contributed by atoms with E-state index in [-0.39, 0.29) is 39.9 Å². The normalized spacial score (nSPS) is 34.3. The molecule has 3 amide bonds. The SMILES string of the molecule is C=C(NC)[C@@]1(NC(=O)C2CC3(CN2C(=O)[C@@H](NC(=O)C(N)C2CCCCC2)C(C)(C)C)C(C)(C)C32CCC2)C[C@H]1CC. The van der Waals surface area contributed by atoms with Crippen LogP contribution in [0.1, 0.15) is 112 Å². The van der Waals surface area contributed by atoms with Gasteiger partial charge in [-0.15, -0.1) is 0 Å². The van der Waals surface area contributed by atoms with E-state index in [1.807, 2.05) is 32.7 Å². The van der Waals surface area contributed by atoms with Gasteiger partial charge in [0.25, 0.3) is 0 Å². The van der Waals surface area contributed by atoms with Crippen LogP contribution in [0.15, 0.2) is 12.3 Å². The van der Waals surface area contributed by atoms with Crippen molar-refractivity contribution < 1.29 is 14.4 Å². The third-order valence-corrected chi connectivity index (χ3v) is 13.0. The Labute approximate surface area is 253 Å². The van der Waals surface area contributed by atoms with Crippen LogP contribution in [-0.2, 0) is 14.4 Å². The number of rotatable bonds is 9. The van der Waals surface area contributed by atoms with Crippen molar-refractivity contribution in [3.05, 3.63) is 12.3 Å². The van der Waals surface area contributed by atoms with Crippen molar-refractivity contribution in [1.82, 2.24) is 20.9 Å². The Kier molecular flexibility index (Phi) is 7.85. The Morgan fingerprint density at radius 1 is 1.02 bits per heavy atom. The number of nitrogens with one attached hydrogen (secondary N) is 3. The lowest BCUT2D eigenvalue weighted by Gasteiger charge is -2.37. The smallest absolute Gasteiger partial charge is 0.246 e. The molecule has 0 aromatic rings. The van der Waals surface area contributed by atoms with Crippen LogP contribution in [0.3, 0.4) is 0 Å². The summed E-state index contributed by atoms with van der Waals surface area (Å²) in [5, 5.41) is 9.66. The third-order valence-electron chi connectivity index (χ3n) is 13.0. The van der Waals surface area contributed by atoms with Gasteiger partial charge in [0.1, 0.15) is 12.1 Å². The van der Waals surface area contributed by atoms with Crippen molar-refractivity contribution in [3.63, 3.8) is 0 Å². The molecule has 8 heteroatoms. The van der Waals surface area contributed by atoms with Gasteiger partial charge in [0.2, 0.25) is 17.7 Å². The highest BCUT2D eigenvalue weighted by molar-refractivity contribution is 5.95. The lowest BCUT2D eigenvalue weighted by atomic mass is 9.73.